The van der Waals surface area contributed by atoms with Crippen LogP contribution in [-0.2, 0) is 9.59 Å². The molecular weight excluding hydrogens is 274 g/mol. The number of thioether (sulfide) groups is 1. The highest BCUT2D eigenvalue weighted by atomic mass is 32.2. The van der Waals surface area contributed by atoms with E-state index in [0.29, 0.717) is 10.7 Å². The van der Waals surface area contributed by atoms with Gasteiger partial charge in [-0.2, -0.15) is 0 Å². The van der Waals surface area contributed by atoms with Gasteiger partial charge in [0.2, 0.25) is 5.78 Å². The molecule has 2 aliphatic rings. The molecule has 0 saturated heterocycles. The molecule has 1 saturated carbocycles. The Balaban J connectivity index is 2.21. The molecule has 1 fully saturated rings. The highest BCUT2D eigenvalue weighted by molar-refractivity contribution is 8.04. The van der Waals surface area contributed by atoms with Crippen LogP contribution in [0.15, 0.2) is 35.1 Å². The largest absolute Gasteiger partial charge is 0.504 e. The minimum atomic E-state index is -0.485. The number of rotatable bonds is 5. The van der Waals surface area contributed by atoms with E-state index in [1.807, 2.05) is 0 Å². The van der Waals surface area contributed by atoms with E-state index in [-0.39, 0.29) is 17.5 Å². The zero-order chi connectivity index (χ0) is 14.5. The van der Waals surface area contributed by atoms with Crippen LogP contribution in [0, 0.1) is 0 Å². The first-order valence-corrected chi connectivity index (χ1v) is 7.86. The fourth-order valence-corrected chi connectivity index (χ4v) is 3.26. The lowest BCUT2D eigenvalue weighted by Gasteiger charge is -2.26. The number of carbonyl (C=O) groups is 2. The van der Waals surface area contributed by atoms with E-state index in [1.165, 1.54) is 18.2 Å². The molecule has 0 atom stereocenters. The van der Waals surface area contributed by atoms with Gasteiger partial charge in [-0.05, 0) is 12.8 Å². The molecule has 0 aliphatic heterocycles. The molecule has 0 bridgehead atoms. The Kier molecular flexibility index (Phi) is 5.06. The van der Waals surface area contributed by atoms with Gasteiger partial charge in [-0.15, -0.1) is 18.3 Å². The van der Waals surface area contributed by atoms with Crippen molar-refractivity contribution in [3.63, 3.8) is 0 Å². The summed E-state index contributed by atoms with van der Waals surface area (Å²) >= 11 is 1.28. The first kappa shape index (κ1) is 14.9. The third-order valence-corrected chi connectivity index (χ3v) is 4.57. The van der Waals surface area contributed by atoms with Crippen LogP contribution in [0.5, 0.6) is 0 Å². The molecule has 108 valence electrons. The summed E-state index contributed by atoms with van der Waals surface area (Å²) in [4.78, 5) is 24.4. The Bertz CT molecular complexity index is 487. The molecule has 2 rings (SSSR count). The van der Waals surface area contributed by atoms with Crippen molar-refractivity contribution in [3.05, 3.63) is 35.1 Å². The highest BCUT2D eigenvalue weighted by Gasteiger charge is 2.30. The lowest BCUT2D eigenvalue weighted by molar-refractivity contribution is -0.117. The smallest absolute Gasteiger partial charge is 0.244 e. The van der Waals surface area contributed by atoms with Crippen LogP contribution >= 0.6 is 11.8 Å². The molecule has 0 amide bonds. The van der Waals surface area contributed by atoms with Crippen molar-refractivity contribution in [2.75, 3.05) is 5.75 Å². The minimum Gasteiger partial charge on any atom is -0.504 e. The highest BCUT2D eigenvalue weighted by Crippen LogP contribution is 2.28. The average molecular weight is 293 g/mol. The molecule has 2 N–H and O–H groups in total. The number of allylic oxidation sites excluding steroid dienone is 2. The SMILES string of the molecule is C=CCSC1=C(NC2CCCCC2)C(=O)C(O)=CC1=O. The molecule has 0 aromatic heterocycles. The lowest BCUT2D eigenvalue weighted by atomic mass is 9.94. The van der Waals surface area contributed by atoms with Crippen molar-refractivity contribution in [3.8, 4) is 0 Å². The molecule has 0 unspecified atom stereocenters. The summed E-state index contributed by atoms with van der Waals surface area (Å²) in [6, 6.07) is 0.209. The molecule has 4 nitrogen and oxygen atoms in total. The second kappa shape index (κ2) is 6.79. The van der Waals surface area contributed by atoms with Gasteiger partial charge in [0.15, 0.2) is 11.5 Å². The summed E-state index contributed by atoms with van der Waals surface area (Å²) in [5.74, 6) is -0.719. The van der Waals surface area contributed by atoms with Crippen molar-refractivity contribution in [2.24, 2.45) is 0 Å². The maximum Gasteiger partial charge on any atom is 0.244 e. The average Bonchev–Trinajstić information content (AvgIpc) is 2.45. The number of hydrogen-bond acceptors (Lipinski definition) is 5. The number of aliphatic hydroxyl groups is 1. The summed E-state index contributed by atoms with van der Waals surface area (Å²) in [7, 11) is 0. The van der Waals surface area contributed by atoms with Crippen LogP contribution in [0.4, 0.5) is 0 Å². The van der Waals surface area contributed by atoms with Crippen molar-refractivity contribution >= 4 is 23.3 Å². The zero-order valence-corrected chi connectivity index (χ0v) is 12.2. The number of ketones is 2. The van der Waals surface area contributed by atoms with Gasteiger partial charge in [0.25, 0.3) is 0 Å². The van der Waals surface area contributed by atoms with Crippen LogP contribution in [0.1, 0.15) is 32.1 Å². The predicted molar refractivity (Wildman–Crippen MR) is 80.4 cm³/mol. The molecule has 0 spiro atoms. The Morgan fingerprint density at radius 2 is 2.05 bits per heavy atom. The van der Waals surface area contributed by atoms with E-state index < -0.39 is 11.5 Å². The van der Waals surface area contributed by atoms with Gasteiger partial charge >= 0.3 is 0 Å². The van der Waals surface area contributed by atoms with Crippen molar-refractivity contribution < 1.29 is 14.7 Å². The van der Waals surface area contributed by atoms with Crippen LogP contribution < -0.4 is 5.32 Å². The number of nitrogens with one attached hydrogen (secondary N) is 1. The van der Waals surface area contributed by atoms with Gasteiger partial charge in [0, 0.05) is 17.9 Å². The Labute approximate surface area is 123 Å². The quantitative estimate of drug-likeness (QED) is 0.602. The standard InChI is InChI=1S/C15H19NO3S/c1-2-8-20-15-12(18)9-11(17)14(19)13(15)16-10-6-4-3-5-7-10/h2,9-10,16-17H,1,3-8H2. The molecule has 5 heteroatoms. The van der Waals surface area contributed by atoms with Gasteiger partial charge in [-0.25, -0.2) is 0 Å². The van der Waals surface area contributed by atoms with Crippen molar-refractivity contribution in [1.29, 1.82) is 0 Å². The topological polar surface area (TPSA) is 66.4 Å². The van der Waals surface area contributed by atoms with Gasteiger partial charge in [0.05, 0.1) is 4.91 Å². The fraction of sp³-hybridized carbons (Fsp3) is 0.467. The second-order valence-electron chi connectivity index (χ2n) is 5.01. The summed E-state index contributed by atoms with van der Waals surface area (Å²) in [6.07, 6.45) is 8.15. The van der Waals surface area contributed by atoms with Gasteiger partial charge in [-0.1, -0.05) is 25.3 Å². The molecule has 0 radical (unpaired) electrons. The number of hydrogen-bond donors (Lipinski definition) is 2. The number of aliphatic hydroxyl groups excluding tert-OH is 1. The summed E-state index contributed by atoms with van der Waals surface area (Å²) < 4.78 is 0. The van der Waals surface area contributed by atoms with Gasteiger partial charge in [-0.3, -0.25) is 9.59 Å². The molecular formula is C15H19NO3S. The number of Topliss-reactive ketones (excluding diaryl/α,β-unsaturated/α-hetero) is 1. The Morgan fingerprint density at radius 3 is 2.70 bits per heavy atom. The third kappa shape index (κ3) is 3.33. The van der Waals surface area contributed by atoms with E-state index in [0.717, 1.165) is 31.8 Å². The van der Waals surface area contributed by atoms with Crippen molar-refractivity contribution in [1.82, 2.24) is 5.32 Å². The Hall–Kier alpha value is -1.49. The maximum absolute atomic E-state index is 12.1. The first-order valence-electron chi connectivity index (χ1n) is 6.87. The van der Waals surface area contributed by atoms with E-state index in [1.54, 1.807) is 6.08 Å². The summed E-state index contributed by atoms with van der Waals surface area (Å²) in [6.45, 7) is 3.62. The maximum atomic E-state index is 12.1. The van der Waals surface area contributed by atoms with Gasteiger partial charge < -0.3 is 10.4 Å². The zero-order valence-electron chi connectivity index (χ0n) is 11.4. The Morgan fingerprint density at radius 1 is 1.35 bits per heavy atom. The predicted octanol–water partition coefficient (Wildman–Crippen LogP) is 2.63. The molecule has 0 heterocycles. The van der Waals surface area contributed by atoms with Crippen LogP contribution in [0.2, 0.25) is 0 Å². The summed E-state index contributed by atoms with van der Waals surface area (Å²) in [5, 5.41) is 12.8. The van der Waals surface area contributed by atoms with Crippen molar-refractivity contribution in [2.45, 2.75) is 38.1 Å². The molecule has 0 aromatic carbocycles. The van der Waals surface area contributed by atoms with Gasteiger partial charge in [0.1, 0.15) is 5.70 Å². The van der Waals surface area contributed by atoms with Crippen LogP contribution in [0.3, 0.4) is 0 Å². The lowest BCUT2D eigenvalue weighted by Crippen LogP contribution is -2.36. The van der Waals surface area contributed by atoms with E-state index in [2.05, 4.69) is 11.9 Å². The fourth-order valence-electron chi connectivity index (χ4n) is 2.48. The molecule has 2 aliphatic carbocycles. The third-order valence-electron chi connectivity index (χ3n) is 3.48. The second-order valence-corrected chi connectivity index (χ2v) is 6.04. The van der Waals surface area contributed by atoms with Crippen LogP contribution in [-0.4, -0.2) is 28.5 Å². The van der Waals surface area contributed by atoms with Crippen LogP contribution in [0.25, 0.3) is 0 Å². The van der Waals surface area contributed by atoms with E-state index in [4.69, 9.17) is 0 Å². The minimum absolute atomic E-state index is 0.209. The number of carbonyl (C=O) groups excluding carboxylic acids is 2. The normalized spacial score (nSPS) is 20.9. The molecule has 0 aromatic rings. The first-order chi connectivity index (χ1) is 9.63. The van der Waals surface area contributed by atoms with E-state index >= 15 is 0 Å². The molecule has 20 heavy (non-hydrogen) atoms. The summed E-state index contributed by atoms with van der Waals surface area (Å²) in [5.41, 5.74) is 0.258. The van der Waals surface area contributed by atoms with E-state index in [9.17, 15) is 14.7 Å². The monoisotopic (exact) mass is 293 g/mol.